The molecule has 1 aromatic carbocycles. The third kappa shape index (κ3) is 1.95. The van der Waals surface area contributed by atoms with Gasteiger partial charge in [0.05, 0.1) is 10.2 Å². The molecule has 1 N–H and O–H groups in total. The van der Waals surface area contributed by atoms with Gasteiger partial charge in [-0.1, -0.05) is 27.3 Å². The maximum atomic E-state index is 11.5. The van der Waals surface area contributed by atoms with Crippen LogP contribution in [0.4, 0.5) is 0 Å². The number of thiazole rings is 1. The number of fused-ring (bicyclic) bond motifs is 1. The van der Waals surface area contributed by atoms with E-state index in [4.69, 9.17) is 5.11 Å². The fourth-order valence-corrected chi connectivity index (χ4v) is 2.54. The second-order valence-corrected chi connectivity index (χ2v) is 4.87. The number of carboxylic acid groups (broad SMARTS) is 1. The SMILES string of the molecule is O=C(O)Cn1c(=O)sc2ccc(Br)cc21. The Hall–Kier alpha value is -1.14. The van der Waals surface area contributed by atoms with Crippen LogP contribution in [0, 0.1) is 0 Å². The molecular formula is C9H6BrNO3S. The van der Waals surface area contributed by atoms with E-state index >= 15 is 0 Å². The van der Waals surface area contributed by atoms with Crippen molar-refractivity contribution in [2.75, 3.05) is 0 Å². The van der Waals surface area contributed by atoms with E-state index in [1.54, 1.807) is 12.1 Å². The van der Waals surface area contributed by atoms with Crippen LogP contribution in [-0.4, -0.2) is 15.6 Å². The van der Waals surface area contributed by atoms with Crippen LogP contribution in [0.1, 0.15) is 0 Å². The average molecular weight is 288 g/mol. The molecule has 78 valence electrons. The smallest absolute Gasteiger partial charge is 0.323 e. The van der Waals surface area contributed by atoms with Crippen molar-refractivity contribution in [1.29, 1.82) is 0 Å². The lowest BCUT2D eigenvalue weighted by Gasteiger charge is -1.99. The highest BCUT2D eigenvalue weighted by Crippen LogP contribution is 2.21. The predicted molar refractivity (Wildman–Crippen MR) is 61.4 cm³/mol. The van der Waals surface area contributed by atoms with Gasteiger partial charge in [0.25, 0.3) is 0 Å². The third-order valence-corrected chi connectivity index (χ3v) is 3.38. The summed E-state index contributed by atoms with van der Waals surface area (Å²) in [6, 6.07) is 5.36. The lowest BCUT2D eigenvalue weighted by atomic mass is 10.3. The minimum atomic E-state index is -1.02. The highest BCUT2D eigenvalue weighted by Gasteiger charge is 2.10. The van der Waals surface area contributed by atoms with Gasteiger partial charge < -0.3 is 5.11 Å². The zero-order valence-corrected chi connectivity index (χ0v) is 9.84. The summed E-state index contributed by atoms with van der Waals surface area (Å²) in [4.78, 5) is 21.8. The normalized spacial score (nSPS) is 10.7. The minimum Gasteiger partial charge on any atom is -0.480 e. The van der Waals surface area contributed by atoms with Gasteiger partial charge in [-0.25, -0.2) is 0 Å². The first kappa shape index (κ1) is 10.4. The Morgan fingerprint density at radius 1 is 1.53 bits per heavy atom. The molecule has 1 heterocycles. The van der Waals surface area contributed by atoms with Gasteiger partial charge >= 0.3 is 10.8 Å². The van der Waals surface area contributed by atoms with Crippen LogP contribution >= 0.6 is 27.3 Å². The van der Waals surface area contributed by atoms with Gasteiger partial charge in [0, 0.05) is 4.47 Å². The molecule has 0 unspecified atom stereocenters. The highest BCUT2D eigenvalue weighted by molar-refractivity contribution is 9.10. The van der Waals surface area contributed by atoms with E-state index in [1.165, 1.54) is 4.57 Å². The molecule has 6 heteroatoms. The van der Waals surface area contributed by atoms with Crippen LogP contribution < -0.4 is 4.87 Å². The molecule has 0 amide bonds. The van der Waals surface area contributed by atoms with Crippen molar-refractivity contribution in [2.24, 2.45) is 0 Å². The van der Waals surface area contributed by atoms with E-state index in [9.17, 15) is 9.59 Å². The molecule has 0 fully saturated rings. The first-order valence-corrected chi connectivity index (χ1v) is 5.69. The molecule has 0 bridgehead atoms. The van der Waals surface area contributed by atoms with Gasteiger partial charge in [-0.3, -0.25) is 14.2 Å². The zero-order chi connectivity index (χ0) is 11.0. The van der Waals surface area contributed by atoms with Crippen molar-refractivity contribution in [3.05, 3.63) is 32.3 Å². The standard InChI is InChI=1S/C9H6BrNO3S/c10-5-1-2-7-6(3-5)11(4-8(12)13)9(14)15-7/h1-3H,4H2,(H,12,13). The van der Waals surface area contributed by atoms with Gasteiger partial charge in [0.1, 0.15) is 6.54 Å². The van der Waals surface area contributed by atoms with Gasteiger partial charge in [-0.05, 0) is 18.2 Å². The molecule has 0 aliphatic rings. The van der Waals surface area contributed by atoms with Crippen molar-refractivity contribution in [1.82, 2.24) is 4.57 Å². The van der Waals surface area contributed by atoms with E-state index in [2.05, 4.69) is 15.9 Å². The Kier molecular flexibility index (Phi) is 2.62. The maximum absolute atomic E-state index is 11.5. The van der Waals surface area contributed by atoms with E-state index in [-0.39, 0.29) is 11.4 Å². The second-order valence-electron chi connectivity index (χ2n) is 2.96. The number of rotatable bonds is 2. The number of aliphatic carboxylic acids is 1. The topological polar surface area (TPSA) is 59.3 Å². The molecule has 2 rings (SSSR count). The summed E-state index contributed by atoms with van der Waals surface area (Å²) in [6.45, 7) is -0.296. The molecule has 1 aromatic heterocycles. The monoisotopic (exact) mass is 287 g/mol. The quantitative estimate of drug-likeness (QED) is 0.918. The Morgan fingerprint density at radius 3 is 2.93 bits per heavy atom. The number of nitrogens with zero attached hydrogens (tertiary/aromatic N) is 1. The molecule has 0 radical (unpaired) electrons. The lowest BCUT2D eigenvalue weighted by molar-refractivity contribution is -0.137. The summed E-state index contributed by atoms with van der Waals surface area (Å²) in [5, 5.41) is 8.67. The van der Waals surface area contributed by atoms with Crippen LogP contribution in [0.2, 0.25) is 0 Å². The van der Waals surface area contributed by atoms with E-state index in [0.29, 0.717) is 5.52 Å². The van der Waals surface area contributed by atoms with Crippen molar-refractivity contribution in [2.45, 2.75) is 6.54 Å². The number of hydrogen-bond acceptors (Lipinski definition) is 3. The van der Waals surface area contributed by atoms with Gasteiger partial charge in [0.15, 0.2) is 0 Å². The van der Waals surface area contributed by atoms with Gasteiger partial charge in [-0.2, -0.15) is 0 Å². The summed E-state index contributed by atoms with van der Waals surface area (Å²) in [7, 11) is 0. The summed E-state index contributed by atoms with van der Waals surface area (Å²) >= 11 is 4.34. The van der Waals surface area contributed by atoms with Crippen molar-refractivity contribution < 1.29 is 9.90 Å². The number of carboxylic acids is 1. The van der Waals surface area contributed by atoms with Crippen LogP contribution in [0.25, 0.3) is 10.2 Å². The summed E-state index contributed by atoms with van der Waals surface area (Å²) in [5.74, 6) is -1.02. The first-order chi connectivity index (χ1) is 7.08. The number of benzene rings is 1. The predicted octanol–water partition coefficient (Wildman–Crippen LogP) is 1.91. The molecule has 0 saturated heterocycles. The summed E-state index contributed by atoms with van der Waals surface area (Å²) < 4.78 is 2.88. The Bertz CT molecular complexity index is 587. The fraction of sp³-hybridized carbons (Fsp3) is 0.111. The van der Waals surface area contributed by atoms with Gasteiger partial charge in [0.2, 0.25) is 0 Å². The van der Waals surface area contributed by atoms with Crippen molar-refractivity contribution in [3.8, 4) is 0 Å². The molecule has 0 saturated carbocycles. The van der Waals surface area contributed by atoms with Crippen molar-refractivity contribution in [3.63, 3.8) is 0 Å². The first-order valence-electron chi connectivity index (χ1n) is 4.08. The molecular weight excluding hydrogens is 282 g/mol. The molecule has 0 aliphatic carbocycles. The molecule has 15 heavy (non-hydrogen) atoms. The molecule has 0 aliphatic heterocycles. The molecule has 2 aromatic rings. The number of halogens is 1. The van der Waals surface area contributed by atoms with Crippen LogP contribution in [0.15, 0.2) is 27.5 Å². The zero-order valence-electron chi connectivity index (χ0n) is 7.44. The number of hydrogen-bond donors (Lipinski definition) is 1. The largest absolute Gasteiger partial charge is 0.480 e. The van der Waals surface area contributed by atoms with Gasteiger partial charge in [-0.15, -0.1) is 0 Å². The van der Waals surface area contributed by atoms with Crippen LogP contribution in [-0.2, 0) is 11.3 Å². The molecule has 0 spiro atoms. The Morgan fingerprint density at radius 2 is 2.27 bits per heavy atom. The Labute approximate surface area is 96.9 Å². The maximum Gasteiger partial charge on any atom is 0.323 e. The average Bonchev–Trinajstić information content (AvgIpc) is 2.43. The third-order valence-electron chi connectivity index (χ3n) is 1.92. The highest BCUT2D eigenvalue weighted by atomic mass is 79.9. The lowest BCUT2D eigenvalue weighted by Crippen LogP contribution is -2.18. The molecule has 4 nitrogen and oxygen atoms in total. The summed E-state index contributed by atoms with van der Waals surface area (Å²) in [5.41, 5.74) is 0.654. The fourth-order valence-electron chi connectivity index (χ4n) is 1.32. The molecule has 0 atom stereocenters. The number of aromatic nitrogens is 1. The van der Waals surface area contributed by atoms with E-state index in [1.807, 2.05) is 6.07 Å². The van der Waals surface area contributed by atoms with Crippen LogP contribution in [0.5, 0.6) is 0 Å². The summed E-state index contributed by atoms with van der Waals surface area (Å²) in [6.07, 6.45) is 0. The number of carbonyl (C=O) groups is 1. The second kappa shape index (κ2) is 3.79. The Balaban J connectivity index is 2.70. The van der Waals surface area contributed by atoms with E-state index < -0.39 is 5.97 Å². The minimum absolute atomic E-state index is 0.245. The van der Waals surface area contributed by atoms with Crippen LogP contribution in [0.3, 0.4) is 0 Å². The van der Waals surface area contributed by atoms with E-state index in [0.717, 1.165) is 20.5 Å². The van der Waals surface area contributed by atoms with Crippen molar-refractivity contribution >= 4 is 43.5 Å².